The summed E-state index contributed by atoms with van der Waals surface area (Å²) in [7, 11) is -5.12. The molecule has 0 fully saturated rings. The largest absolute Gasteiger partial charge is 0.488 e. The lowest BCUT2D eigenvalue weighted by atomic mass is 10.2. The molecule has 1 amide bonds. The van der Waals surface area contributed by atoms with E-state index in [0.717, 1.165) is 18.2 Å². The van der Waals surface area contributed by atoms with Gasteiger partial charge in [-0.25, -0.2) is 0 Å². The number of halogens is 1. The molecule has 1 N–H and O–H groups in total. The lowest BCUT2D eigenvalue weighted by molar-refractivity contribution is -0.384. The average molecular weight is 340 g/mol. The standard InChI is InChI=1S/C13H9FN2O6S/c14-23(20,21)22-12-6-4-10(5-7-12)15-13(17)9-2-1-3-11(8-9)16(18)19/h1-8H,(H,15,17). The third-order valence-corrected chi connectivity index (χ3v) is 3.02. The number of anilines is 1. The van der Waals surface area contributed by atoms with Crippen LogP contribution in [-0.2, 0) is 10.5 Å². The summed E-state index contributed by atoms with van der Waals surface area (Å²) in [6.45, 7) is 0. The molecule has 0 aliphatic heterocycles. The van der Waals surface area contributed by atoms with Crippen LogP contribution in [0.4, 0.5) is 15.3 Å². The fourth-order valence-electron chi connectivity index (χ4n) is 1.67. The fourth-order valence-corrected chi connectivity index (χ4v) is 2.01. The number of non-ortho nitro benzene ring substituents is 1. The van der Waals surface area contributed by atoms with Crippen molar-refractivity contribution in [2.45, 2.75) is 0 Å². The summed E-state index contributed by atoms with van der Waals surface area (Å²) in [5, 5.41) is 13.1. The average Bonchev–Trinajstić information content (AvgIpc) is 2.48. The zero-order valence-electron chi connectivity index (χ0n) is 11.3. The Hall–Kier alpha value is -3.01. The SMILES string of the molecule is O=C(Nc1ccc(OS(=O)(=O)F)cc1)c1cccc([N+](=O)[O-])c1. The van der Waals surface area contributed by atoms with Crippen molar-refractivity contribution in [2.24, 2.45) is 0 Å². The van der Waals surface area contributed by atoms with Gasteiger partial charge in [0.15, 0.2) is 0 Å². The lowest BCUT2D eigenvalue weighted by Crippen LogP contribution is -2.12. The minimum Gasteiger partial charge on any atom is -0.358 e. The molecule has 0 saturated heterocycles. The number of nitrogens with one attached hydrogen (secondary N) is 1. The third-order valence-electron chi connectivity index (χ3n) is 2.63. The molecule has 0 radical (unpaired) electrons. The number of carbonyl (C=O) groups is 1. The van der Waals surface area contributed by atoms with Gasteiger partial charge in [-0.15, -0.1) is 0 Å². The van der Waals surface area contributed by atoms with E-state index in [2.05, 4.69) is 9.50 Å². The van der Waals surface area contributed by atoms with Crippen molar-refractivity contribution in [2.75, 3.05) is 5.32 Å². The molecule has 0 spiro atoms. The van der Waals surface area contributed by atoms with Gasteiger partial charge in [0, 0.05) is 23.4 Å². The van der Waals surface area contributed by atoms with Crippen molar-refractivity contribution in [3.05, 3.63) is 64.2 Å². The molecule has 0 heterocycles. The topological polar surface area (TPSA) is 116 Å². The highest BCUT2D eigenvalue weighted by atomic mass is 32.3. The zero-order valence-corrected chi connectivity index (χ0v) is 12.1. The Kier molecular flexibility index (Phi) is 4.55. The van der Waals surface area contributed by atoms with Gasteiger partial charge < -0.3 is 9.50 Å². The van der Waals surface area contributed by atoms with Gasteiger partial charge in [0.2, 0.25) is 0 Å². The van der Waals surface area contributed by atoms with Gasteiger partial charge >= 0.3 is 10.5 Å². The molecule has 0 saturated carbocycles. The molecular weight excluding hydrogens is 331 g/mol. The molecule has 0 atom stereocenters. The molecule has 0 aliphatic carbocycles. The van der Waals surface area contributed by atoms with Crippen LogP contribution in [0.5, 0.6) is 5.75 Å². The smallest absolute Gasteiger partial charge is 0.358 e. The summed E-state index contributed by atoms with van der Waals surface area (Å²) >= 11 is 0. The van der Waals surface area contributed by atoms with Crippen molar-refractivity contribution < 1.29 is 26.2 Å². The highest BCUT2D eigenvalue weighted by molar-refractivity contribution is 7.81. The molecule has 8 nitrogen and oxygen atoms in total. The van der Waals surface area contributed by atoms with Crippen LogP contribution in [0.25, 0.3) is 0 Å². The molecular formula is C13H9FN2O6S. The van der Waals surface area contributed by atoms with Gasteiger partial charge in [0.05, 0.1) is 4.92 Å². The first-order valence-corrected chi connectivity index (χ1v) is 7.35. The van der Waals surface area contributed by atoms with Crippen molar-refractivity contribution in [3.8, 4) is 5.75 Å². The van der Waals surface area contributed by atoms with Gasteiger partial charge in [-0.2, -0.15) is 8.42 Å². The second-order valence-corrected chi connectivity index (χ2v) is 5.22. The van der Waals surface area contributed by atoms with E-state index in [-0.39, 0.29) is 22.7 Å². The first kappa shape index (κ1) is 16.4. The van der Waals surface area contributed by atoms with E-state index in [1.807, 2.05) is 0 Å². The first-order valence-electron chi connectivity index (χ1n) is 6.04. The number of carbonyl (C=O) groups excluding carboxylic acids is 1. The highest BCUT2D eigenvalue weighted by Crippen LogP contribution is 2.19. The Balaban J connectivity index is 2.11. The number of amides is 1. The predicted molar refractivity (Wildman–Crippen MR) is 78.1 cm³/mol. The highest BCUT2D eigenvalue weighted by Gasteiger charge is 2.12. The Morgan fingerprint density at radius 1 is 1.17 bits per heavy atom. The maximum absolute atomic E-state index is 12.3. The Bertz CT molecular complexity index is 851. The number of nitrogens with zero attached hydrogens (tertiary/aromatic N) is 1. The Morgan fingerprint density at radius 2 is 1.83 bits per heavy atom. The summed E-state index contributed by atoms with van der Waals surface area (Å²) in [5.41, 5.74) is 0.116. The monoisotopic (exact) mass is 340 g/mol. The van der Waals surface area contributed by atoms with Crippen LogP contribution in [0.15, 0.2) is 48.5 Å². The number of nitro benzene ring substituents is 1. The summed E-state index contributed by atoms with van der Waals surface area (Å²) in [6, 6.07) is 9.99. The van der Waals surface area contributed by atoms with Gasteiger partial charge in [-0.1, -0.05) is 9.95 Å². The summed E-state index contributed by atoms with van der Waals surface area (Å²) in [4.78, 5) is 22.0. The quantitative estimate of drug-likeness (QED) is 0.508. The molecule has 23 heavy (non-hydrogen) atoms. The maximum atomic E-state index is 12.3. The van der Waals surface area contributed by atoms with E-state index in [0.29, 0.717) is 0 Å². The van der Waals surface area contributed by atoms with Gasteiger partial charge in [0.25, 0.3) is 11.6 Å². The summed E-state index contributed by atoms with van der Waals surface area (Å²) in [6.07, 6.45) is 0. The molecule has 0 bridgehead atoms. The molecule has 0 aromatic heterocycles. The van der Waals surface area contributed by atoms with Crippen molar-refractivity contribution in [1.82, 2.24) is 0 Å². The summed E-state index contributed by atoms with van der Waals surface area (Å²) < 4.78 is 37.0. The van der Waals surface area contributed by atoms with E-state index in [4.69, 9.17) is 0 Å². The number of rotatable bonds is 5. The molecule has 0 aliphatic rings. The van der Waals surface area contributed by atoms with E-state index in [1.165, 1.54) is 30.3 Å². The van der Waals surface area contributed by atoms with E-state index in [9.17, 15) is 27.2 Å². The number of hydrogen-bond acceptors (Lipinski definition) is 6. The second kappa shape index (κ2) is 6.40. The van der Waals surface area contributed by atoms with E-state index < -0.39 is 21.3 Å². The van der Waals surface area contributed by atoms with Crippen LogP contribution in [0.1, 0.15) is 10.4 Å². The molecule has 10 heteroatoms. The van der Waals surface area contributed by atoms with Crippen molar-refractivity contribution in [3.63, 3.8) is 0 Å². The van der Waals surface area contributed by atoms with Crippen LogP contribution in [0.3, 0.4) is 0 Å². The van der Waals surface area contributed by atoms with Gasteiger partial charge in [-0.05, 0) is 30.3 Å². The van der Waals surface area contributed by atoms with Crippen molar-refractivity contribution >= 4 is 27.8 Å². The maximum Gasteiger partial charge on any atom is 0.488 e. The fraction of sp³-hybridized carbons (Fsp3) is 0. The van der Waals surface area contributed by atoms with Crippen LogP contribution < -0.4 is 9.50 Å². The molecule has 2 aromatic carbocycles. The number of benzene rings is 2. The molecule has 2 aromatic rings. The normalized spacial score (nSPS) is 10.8. The van der Waals surface area contributed by atoms with Crippen molar-refractivity contribution in [1.29, 1.82) is 0 Å². The predicted octanol–water partition coefficient (Wildman–Crippen LogP) is 2.44. The molecule has 120 valence electrons. The first-order chi connectivity index (χ1) is 10.7. The number of hydrogen-bond donors (Lipinski definition) is 1. The van der Waals surface area contributed by atoms with Crippen LogP contribution in [-0.4, -0.2) is 19.2 Å². The second-order valence-electron chi connectivity index (χ2n) is 4.26. The van der Waals surface area contributed by atoms with Gasteiger partial charge in [-0.3, -0.25) is 14.9 Å². The van der Waals surface area contributed by atoms with Crippen LogP contribution >= 0.6 is 0 Å². The lowest BCUT2D eigenvalue weighted by Gasteiger charge is -2.06. The molecule has 2 rings (SSSR count). The minimum absolute atomic E-state index is 0.0749. The van der Waals surface area contributed by atoms with Crippen LogP contribution in [0, 0.1) is 10.1 Å². The molecule has 0 unspecified atom stereocenters. The third kappa shape index (κ3) is 4.74. The zero-order chi connectivity index (χ0) is 17.0. The minimum atomic E-state index is -5.12. The Morgan fingerprint density at radius 3 is 2.39 bits per heavy atom. The summed E-state index contributed by atoms with van der Waals surface area (Å²) in [5.74, 6) is -0.860. The Labute approximate surface area is 130 Å². The van der Waals surface area contributed by atoms with E-state index in [1.54, 1.807) is 0 Å². The van der Waals surface area contributed by atoms with E-state index >= 15 is 0 Å². The number of nitro groups is 1. The van der Waals surface area contributed by atoms with Gasteiger partial charge in [0.1, 0.15) is 5.75 Å². The van der Waals surface area contributed by atoms with Crippen LogP contribution in [0.2, 0.25) is 0 Å².